The molecule has 0 unspecified atom stereocenters. The van der Waals surface area contributed by atoms with Crippen LogP contribution in [-0.2, 0) is 0 Å². The summed E-state index contributed by atoms with van der Waals surface area (Å²) in [6, 6.07) is 49.0. The Morgan fingerprint density at radius 1 is 0.432 bits per heavy atom. The van der Waals surface area contributed by atoms with Crippen LogP contribution in [0.3, 0.4) is 0 Å². The summed E-state index contributed by atoms with van der Waals surface area (Å²) >= 11 is 0. The SMILES string of the molecule is [C-]#[N+]c1ccccc1-c1cc2c3ccccc3c(-c3ccccc3C#N)cc2c2cc3c(cc12)-c1cccc2cccc-3c12. The Morgan fingerprint density at radius 3 is 1.68 bits per heavy atom. The van der Waals surface area contributed by atoms with Gasteiger partial charge in [0.2, 0.25) is 0 Å². The van der Waals surface area contributed by atoms with Gasteiger partial charge < -0.3 is 0 Å². The zero-order chi connectivity index (χ0) is 29.4. The van der Waals surface area contributed by atoms with Crippen molar-refractivity contribution in [1.29, 1.82) is 5.26 Å². The molecule has 2 nitrogen and oxygen atoms in total. The molecule has 0 heterocycles. The second-order valence-corrected chi connectivity index (χ2v) is 11.4. The molecule has 0 aromatic heterocycles. The number of benzene rings is 8. The number of nitrogens with zero attached hydrogens (tertiary/aromatic N) is 2. The fourth-order valence-electron chi connectivity index (χ4n) is 7.34. The first-order valence-electron chi connectivity index (χ1n) is 14.7. The molecular formula is C42H22N2. The van der Waals surface area contributed by atoms with Crippen LogP contribution in [0.4, 0.5) is 5.69 Å². The Morgan fingerprint density at radius 2 is 0.955 bits per heavy atom. The standard InChI is InChI=1S/C42H22N2/c1-44-41-19-7-6-16-30(41)35-21-34-29-15-5-4-14-28(29)33(27-13-3-2-10-26(27)24-43)20-38(34)40-23-37-32-18-9-12-25-11-8-17-31(42(25)32)36(37)22-39(35)40/h2-23H. The second-order valence-electron chi connectivity index (χ2n) is 11.4. The van der Waals surface area contributed by atoms with Gasteiger partial charge in [0, 0.05) is 5.56 Å². The normalized spacial score (nSPS) is 11.6. The Kier molecular flexibility index (Phi) is 5.06. The highest BCUT2D eigenvalue weighted by atomic mass is 14.6. The molecule has 0 N–H and O–H groups in total. The van der Waals surface area contributed by atoms with Crippen molar-refractivity contribution in [3.05, 3.63) is 150 Å². The Labute approximate surface area is 254 Å². The summed E-state index contributed by atoms with van der Waals surface area (Å²) in [5, 5.41) is 19.3. The third-order valence-corrected chi connectivity index (χ3v) is 9.25. The first-order chi connectivity index (χ1) is 21.7. The highest BCUT2D eigenvalue weighted by Gasteiger charge is 2.24. The maximum absolute atomic E-state index is 10.0. The molecule has 0 radical (unpaired) electrons. The Balaban J connectivity index is 1.50. The minimum atomic E-state index is 0.642. The highest BCUT2D eigenvalue weighted by molar-refractivity contribution is 6.27. The van der Waals surface area contributed by atoms with Crippen LogP contribution in [0.25, 0.3) is 92.4 Å². The quantitative estimate of drug-likeness (QED) is 0.154. The van der Waals surface area contributed by atoms with Gasteiger partial charge in [0.15, 0.2) is 5.69 Å². The molecule has 0 aliphatic heterocycles. The maximum Gasteiger partial charge on any atom is 0.194 e. The van der Waals surface area contributed by atoms with Gasteiger partial charge in [0.05, 0.1) is 18.2 Å². The van der Waals surface area contributed by atoms with Crippen molar-refractivity contribution >= 4 is 48.8 Å². The minimum absolute atomic E-state index is 0.642. The summed E-state index contributed by atoms with van der Waals surface area (Å²) in [5.74, 6) is 0. The van der Waals surface area contributed by atoms with Gasteiger partial charge in [-0.1, -0.05) is 103 Å². The third-order valence-electron chi connectivity index (χ3n) is 9.25. The summed E-state index contributed by atoms with van der Waals surface area (Å²) in [7, 11) is 0. The van der Waals surface area contributed by atoms with E-state index in [0.29, 0.717) is 11.3 Å². The van der Waals surface area contributed by atoms with Gasteiger partial charge in [-0.3, -0.25) is 0 Å². The van der Waals surface area contributed by atoms with Crippen molar-refractivity contribution in [2.45, 2.75) is 0 Å². The lowest BCUT2D eigenvalue weighted by molar-refractivity contribution is 1.48. The number of fused-ring (bicyclic) bond motifs is 8. The molecule has 0 amide bonds. The molecule has 2 heteroatoms. The second kappa shape index (κ2) is 9.14. The fraction of sp³-hybridized carbons (Fsp3) is 0. The number of para-hydroxylation sites is 1. The van der Waals surface area contributed by atoms with E-state index < -0.39 is 0 Å². The van der Waals surface area contributed by atoms with Gasteiger partial charge in [-0.2, -0.15) is 5.26 Å². The largest absolute Gasteiger partial charge is 0.238 e. The monoisotopic (exact) mass is 554 g/mol. The molecular weight excluding hydrogens is 532 g/mol. The first-order valence-corrected chi connectivity index (χ1v) is 14.7. The molecule has 8 aromatic rings. The minimum Gasteiger partial charge on any atom is -0.238 e. The molecule has 44 heavy (non-hydrogen) atoms. The summed E-state index contributed by atoms with van der Waals surface area (Å²) in [4.78, 5) is 3.92. The predicted molar refractivity (Wildman–Crippen MR) is 183 cm³/mol. The zero-order valence-corrected chi connectivity index (χ0v) is 23.6. The number of hydrogen-bond donors (Lipinski definition) is 0. The van der Waals surface area contributed by atoms with Gasteiger partial charge in [0.25, 0.3) is 0 Å². The Hall–Kier alpha value is -6.22. The predicted octanol–water partition coefficient (Wildman–Crippen LogP) is 11.7. The van der Waals surface area contributed by atoms with Crippen LogP contribution in [0.1, 0.15) is 5.56 Å². The number of rotatable bonds is 2. The molecule has 0 saturated carbocycles. The summed E-state index contributed by atoms with van der Waals surface area (Å²) in [6.45, 7) is 7.98. The lowest BCUT2D eigenvalue weighted by atomic mass is 9.85. The smallest absolute Gasteiger partial charge is 0.194 e. The van der Waals surface area contributed by atoms with Crippen LogP contribution < -0.4 is 0 Å². The van der Waals surface area contributed by atoms with E-state index in [9.17, 15) is 5.26 Å². The molecule has 8 aromatic carbocycles. The topological polar surface area (TPSA) is 28.1 Å². The molecule has 0 bridgehead atoms. The van der Waals surface area contributed by atoms with E-state index in [1.807, 2.05) is 42.5 Å². The van der Waals surface area contributed by atoms with E-state index in [2.05, 4.69) is 102 Å². The van der Waals surface area contributed by atoms with E-state index >= 15 is 0 Å². The number of hydrogen-bond acceptors (Lipinski definition) is 1. The first kappa shape index (κ1) is 24.4. The zero-order valence-electron chi connectivity index (χ0n) is 23.6. The van der Waals surface area contributed by atoms with Crippen LogP contribution in [0, 0.1) is 17.9 Å². The third kappa shape index (κ3) is 3.29. The molecule has 1 aliphatic carbocycles. The molecule has 0 spiro atoms. The molecule has 0 fully saturated rings. The number of nitriles is 1. The van der Waals surface area contributed by atoms with Crippen LogP contribution in [0.15, 0.2) is 133 Å². The van der Waals surface area contributed by atoms with E-state index in [4.69, 9.17) is 6.57 Å². The van der Waals surface area contributed by atoms with E-state index in [-0.39, 0.29) is 0 Å². The van der Waals surface area contributed by atoms with Crippen LogP contribution in [-0.4, -0.2) is 0 Å². The van der Waals surface area contributed by atoms with Gasteiger partial charge in [0.1, 0.15) is 0 Å². The molecule has 200 valence electrons. The van der Waals surface area contributed by atoms with E-state index in [1.165, 1.54) is 33.0 Å². The Bertz CT molecular complexity index is 2620. The fourth-order valence-corrected chi connectivity index (χ4v) is 7.34. The van der Waals surface area contributed by atoms with Crippen LogP contribution >= 0.6 is 0 Å². The van der Waals surface area contributed by atoms with Crippen molar-refractivity contribution in [3.63, 3.8) is 0 Å². The average molecular weight is 555 g/mol. The maximum atomic E-state index is 10.0. The average Bonchev–Trinajstić information content (AvgIpc) is 3.40. The molecule has 0 saturated heterocycles. The van der Waals surface area contributed by atoms with Crippen molar-refractivity contribution in [1.82, 2.24) is 0 Å². The molecule has 0 atom stereocenters. The summed E-state index contributed by atoms with van der Waals surface area (Å²) in [5.41, 5.74) is 10.2. The summed E-state index contributed by atoms with van der Waals surface area (Å²) < 4.78 is 0. The van der Waals surface area contributed by atoms with Gasteiger partial charge in [-0.05, 0) is 112 Å². The van der Waals surface area contributed by atoms with Crippen LogP contribution in [0.2, 0.25) is 0 Å². The molecule has 9 rings (SSSR count). The van der Waals surface area contributed by atoms with E-state index in [1.54, 1.807) is 0 Å². The van der Waals surface area contributed by atoms with Gasteiger partial charge >= 0.3 is 0 Å². The molecule has 1 aliphatic rings. The lowest BCUT2D eigenvalue weighted by Gasteiger charge is -2.18. The van der Waals surface area contributed by atoms with Crippen molar-refractivity contribution in [3.8, 4) is 50.6 Å². The van der Waals surface area contributed by atoms with Crippen LogP contribution in [0.5, 0.6) is 0 Å². The lowest BCUT2D eigenvalue weighted by Crippen LogP contribution is -1.91. The van der Waals surface area contributed by atoms with Crippen molar-refractivity contribution in [2.75, 3.05) is 0 Å². The van der Waals surface area contributed by atoms with Crippen molar-refractivity contribution < 1.29 is 0 Å². The highest BCUT2D eigenvalue weighted by Crippen LogP contribution is 2.52. The summed E-state index contributed by atoms with van der Waals surface area (Å²) in [6.07, 6.45) is 0. The van der Waals surface area contributed by atoms with Crippen molar-refractivity contribution in [2.24, 2.45) is 0 Å². The van der Waals surface area contributed by atoms with Gasteiger partial charge in [-0.25, -0.2) is 4.85 Å². The van der Waals surface area contributed by atoms with E-state index in [0.717, 1.165) is 54.6 Å². The van der Waals surface area contributed by atoms with Gasteiger partial charge in [-0.15, -0.1) is 0 Å².